The zero-order valence-electron chi connectivity index (χ0n) is 14.2. The fourth-order valence-corrected chi connectivity index (χ4v) is 3.93. The van der Waals surface area contributed by atoms with Crippen LogP contribution in [0.5, 0.6) is 5.75 Å². The Morgan fingerprint density at radius 2 is 2.00 bits per heavy atom. The number of sulfonamides is 1. The quantitative estimate of drug-likeness (QED) is 0.755. The molecule has 2 N–H and O–H groups in total. The van der Waals surface area contributed by atoms with Crippen molar-refractivity contribution in [2.24, 2.45) is 0 Å². The van der Waals surface area contributed by atoms with Gasteiger partial charge < -0.3 is 10.1 Å². The van der Waals surface area contributed by atoms with E-state index in [9.17, 15) is 13.2 Å². The van der Waals surface area contributed by atoms with Gasteiger partial charge in [-0.05, 0) is 61.7 Å². The molecular formula is C18H19ClN2O4S. The van der Waals surface area contributed by atoms with Crippen LogP contribution in [0.1, 0.15) is 18.4 Å². The smallest absolute Gasteiger partial charge is 0.262 e. The number of aryl methyl sites for hydroxylation is 1. The van der Waals surface area contributed by atoms with Crippen LogP contribution >= 0.6 is 11.6 Å². The molecule has 3 rings (SSSR count). The lowest BCUT2D eigenvalue weighted by molar-refractivity contribution is -0.118. The maximum atomic E-state index is 12.2. The summed E-state index contributed by atoms with van der Waals surface area (Å²) in [4.78, 5) is 12.2. The summed E-state index contributed by atoms with van der Waals surface area (Å²) in [5, 5.41) is 3.21. The van der Waals surface area contributed by atoms with Gasteiger partial charge in [0.1, 0.15) is 5.75 Å². The van der Waals surface area contributed by atoms with E-state index in [-0.39, 0.29) is 23.5 Å². The topological polar surface area (TPSA) is 84.5 Å². The molecule has 0 unspecified atom stereocenters. The zero-order chi connectivity index (χ0) is 18.7. The van der Waals surface area contributed by atoms with E-state index < -0.39 is 10.0 Å². The molecular weight excluding hydrogens is 376 g/mol. The molecule has 2 aromatic carbocycles. The van der Waals surface area contributed by atoms with E-state index in [1.54, 1.807) is 37.3 Å². The predicted molar refractivity (Wildman–Crippen MR) is 100 cm³/mol. The molecule has 0 bridgehead atoms. The summed E-state index contributed by atoms with van der Waals surface area (Å²) in [5.41, 5.74) is 1.22. The molecule has 6 nitrogen and oxygen atoms in total. The number of hydrogen-bond acceptors (Lipinski definition) is 4. The number of carbonyl (C=O) groups is 1. The summed E-state index contributed by atoms with van der Waals surface area (Å²) in [7, 11) is -3.51. The van der Waals surface area contributed by atoms with Gasteiger partial charge in [-0.2, -0.15) is 0 Å². The Morgan fingerprint density at radius 1 is 1.23 bits per heavy atom. The van der Waals surface area contributed by atoms with Crippen molar-refractivity contribution in [1.82, 2.24) is 4.72 Å². The number of benzene rings is 2. The van der Waals surface area contributed by atoms with Crippen molar-refractivity contribution in [3.8, 4) is 5.75 Å². The number of nitrogens with one attached hydrogen (secondary N) is 2. The summed E-state index contributed by atoms with van der Waals surface area (Å²) in [5.74, 6) is 0.121. The maximum Gasteiger partial charge on any atom is 0.262 e. The van der Waals surface area contributed by atoms with Crippen molar-refractivity contribution in [2.75, 3.05) is 11.9 Å². The molecule has 1 aliphatic rings. The Bertz CT molecular complexity index is 927. The Kier molecular flexibility index (Phi) is 5.50. The molecule has 138 valence electrons. The van der Waals surface area contributed by atoms with Crippen LogP contribution in [0.4, 0.5) is 5.69 Å². The number of rotatable bonds is 7. The van der Waals surface area contributed by atoms with Gasteiger partial charge in [0.25, 0.3) is 5.91 Å². The number of carbonyl (C=O) groups excluding carboxylic acids is 1. The van der Waals surface area contributed by atoms with Crippen LogP contribution in [-0.2, 0) is 14.8 Å². The first-order chi connectivity index (χ1) is 12.3. The fourth-order valence-electron chi connectivity index (χ4n) is 2.35. The summed E-state index contributed by atoms with van der Waals surface area (Å²) < 4.78 is 32.6. The molecule has 1 saturated carbocycles. The van der Waals surface area contributed by atoms with E-state index in [0.29, 0.717) is 22.0 Å². The van der Waals surface area contributed by atoms with Gasteiger partial charge >= 0.3 is 0 Å². The van der Waals surface area contributed by atoms with Gasteiger partial charge in [-0.1, -0.05) is 17.7 Å². The van der Waals surface area contributed by atoms with E-state index in [1.807, 2.05) is 0 Å². The summed E-state index contributed by atoms with van der Waals surface area (Å²) in [6.07, 6.45) is 1.75. The fraction of sp³-hybridized carbons (Fsp3) is 0.278. The minimum Gasteiger partial charge on any atom is -0.483 e. The van der Waals surface area contributed by atoms with Gasteiger partial charge in [0.15, 0.2) is 6.61 Å². The highest BCUT2D eigenvalue weighted by atomic mass is 35.5. The van der Waals surface area contributed by atoms with Crippen molar-refractivity contribution < 1.29 is 17.9 Å². The summed E-state index contributed by atoms with van der Waals surface area (Å²) in [6.45, 7) is 1.54. The van der Waals surface area contributed by atoms with Crippen LogP contribution < -0.4 is 14.8 Å². The third-order valence-electron chi connectivity index (χ3n) is 3.82. The molecule has 0 aliphatic heterocycles. The standard InChI is InChI=1S/C18H19ClN2O4S/c1-12-9-16(26(23,24)21-14-5-6-14)7-8-17(12)25-11-18(22)20-15-4-2-3-13(19)10-15/h2-4,7-10,14,21H,5-6,11H2,1H3,(H,20,22). The van der Waals surface area contributed by atoms with Crippen molar-refractivity contribution in [3.63, 3.8) is 0 Å². The summed E-state index contributed by atoms with van der Waals surface area (Å²) in [6, 6.07) is 11.4. The molecule has 0 aromatic heterocycles. The van der Waals surface area contributed by atoms with Gasteiger partial charge in [0.05, 0.1) is 4.90 Å². The highest BCUT2D eigenvalue weighted by Crippen LogP contribution is 2.25. The van der Waals surface area contributed by atoms with Crippen LogP contribution in [0.25, 0.3) is 0 Å². The number of ether oxygens (including phenoxy) is 1. The molecule has 2 aromatic rings. The zero-order valence-corrected chi connectivity index (χ0v) is 15.7. The van der Waals surface area contributed by atoms with Gasteiger partial charge in [0.2, 0.25) is 10.0 Å². The number of hydrogen-bond donors (Lipinski definition) is 2. The van der Waals surface area contributed by atoms with Gasteiger partial charge in [-0.3, -0.25) is 4.79 Å². The number of halogens is 1. The Hall–Kier alpha value is -2.09. The van der Waals surface area contributed by atoms with Gasteiger partial charge in [0, 0.05) is 16.8 Å². The lowest BCUT2D eigenvalue weighted by Crippen LogP contribution is -2.25. The third kappa shape index (κ3) is 4.97. The lowest BCUT2D eigenvalue weighted by Gasteiger charge is -2.12. The lowest BCUT2D eigenvalue weighted by atomic mass is 10.2. The molecule has 0 atom stereocenters. The average Bonchev–Trinajstić information content (AvgIpc) is 3.37. The second-order valence-electron chi connectivity index (χ2n) is 6.17. The first-order valence-corrected chi connectivity index (χ1v) is 10.0. The van der Waals surface area contributed by atoms with Gasteiger partial charge in [-0.25, -0.2) is 13.1 Å². The monoisotopic (exact) mass is 394 g/mol. The van der Waals surface area contributed by atoms with Crippen LogP contribution in [0.2, 0.25) is 5.02 Å². The van der Waals surface area contributed by atoms with Crippen molar-refractivity contribution >= 4 is 33.2 Å². The largest absolute Gasteiger partial charge is 0.483 e. The molecule has 26 heavy (non-hydrogen) atoms. The Morgan fingerprint density at radius 3 is 2.65 bits per heavy atom. The highest BCUT2D eigenvalue weighted by Gasteiger charge is 2.28. The predicted octanol–water partition coefficient (Wildman–Crippen LogP) is 3.11. The van der Waals surface area contributed by atoms with E-state index >= 15 is 0 Å². The molecule has 1 fully saturated rings. The SMILES string of the molecule is Cc1cc(S(=O)(=O)NC2CC2)ccc1OCC(=O)Nc1cccc(Cl)c1. The van der Waals surface area contributed by atoms with Crippen molar-refractivity contribution in [3.05, 3.63) is 53.1 Å². The maximum absolute atomic E-state index is 12.2. The minimum absolute atomic E-state index is 0.0476. The number of amides is 1. The van der Waals surface area contributed by atoms with Crippen LogP contribution in [0.15, 0.2) is 47.4 Å². The Balaban J connectivity index is 1.60. The minimum atomic E-state index is -3.51. The molecule has 0 saturated heterocycles. The first kappa shape index (κ1) is 18.7. The molecule has 1 aliphatic carbocycles. The van der Waals surface area contributed by atoms with Crippen LogP contribution in [0, 0.1) is 6.92 Å². The van der Waals surface area contributed by atoms with E-state index in [0.717, 1.165) is 12.8 Å². The van der Waals surface area contributed by atoms with Crippen molar-refractivity contribution in [2.45, 2.75) is 30.7 Å². The molecule has 1 amide bonds. The summed E-state index contributed by atoms with van der Waals surface area (Å²) >= 11 is 5.87. The molecule has 0 radical (unpaired) electrons. The number of anilines is 1. The first-order valence-electron chi connectivity index (χ1n) is 8.15. The van der Waals surface area contributed by atoms with Crippen LogP contribution in [-0.4, -0.2) is 27.0 Å². The van der Waals surface area contributed by atoms with E-state index in [1.165, 1.54) is 12.1 Å². The van der Waals surface area contributed by atoms with Crippen molar-refractivity contribution in [1.29, 1.82) is 0 Å². The molecule has 0 spiro atoms. The highest BCUT2D eigenvalue weighted by molar-refractivity contribution is 7.89. The molecule has 8 heteroatoms. The normalized spacial score (nSPS) is 14.1. The second kappa shape index (κ2) is 7.65. The Labute approximate surface area is 157 Å². The van der Waals surface area contributed by atoms with E-state index in [4.69, 9.17) is 16.3 Å². The van der Waals surface area contributed by atoms with E-state index in [2.05, 4.69) is 10.0 Å². The second-order valence-corrected chi connectivity index (χ2v) is 8.32. The average molecular weight is 395 g/mol. The van der Waals surface area contributed by atoms with Gasteiger partial charge in [-0.15, -0.1) is 0 Å². The molecule has 0 heterocycles. The third-order valence-corrected chi connectivity index (χ3v) is 5.58. The van der Waals surface area contributed by atoms with Crippen LogP contribution in [0.3, 0.4) is 0 Å².